The fourth-order valence-corrected chi connectivity index (χ4v) is 4.32. The summed E-state index contributed by atoms with van der Waals surface area (Å²) in [5, 5.41) is 2.89. The number of hydrogen-bond donors (Lipinski definition) is 3. The summed E-state index contributed by atoms with van der Waals surface area (Å²) in [6.45, 7) is 0.554. The van der Waals surface area contributed by atoms with Gasteiger partial charge in [0, 0.05) is 17.4 Å². The van der Waals surface area contributed by atoms with E-state index in [2.05, 4.69) is 20.3 Å². The summed E-state index contributed by atoms with van der Waals surface area (Å²) in [5.41, 5.74) is 9.79. The van der Waals surface area contributed by atoms with Crippen molar-refractivity contribution in [1.82, 2.24) is 15.0 Å². The highest BCUT2D eigenvalue weighted by atomic mass is 16.2. The van der Waals surface area contributed by atoms with Gasteiger partial charge in [0.1, 0.15) is 24.9 Å². The van der Waals surface area contributed by atoms with Crippen LogP contribution in [0.4, 0.5) is 5.69 Å². The van der Waals surface area contributed by atoms with Crippen molar-refractivity contribution < 1.29 is 18.9 Å². The molecule has 9 heteroatoms. The summed E-state index contributed by atoms with van der Waals surface area (Å²) >= 11 is 0. The van der Waals surface area contributed by atoms with Crippen LogP contribution >= 0.6 is 0 Å². The van der Waals surface area contributed by atoms with Crippen molar-refractivity contribution in [2.75, 3.05) is 11.9 Å². The zero-order valence-corrected chi connectivity index (χ0v) is 19.2. The minimum absolute atomic E-state index is 0.0429. The van der Waals surface area contributed by atoms with E-state index in [0.29, 0.717) is 17.0 Å². The molecule has 1 aromatic carbocycles. The van der Waals surface area contributed by atoms with Crippen molar-refractivity contribution in [2.45, 2.75) is 6.54 Å². The molecule has 1 atom stereocenters. The first-order valence-corrected chi connectivity index (χ1v) is 11.3. The number of imidazole rings is 1. The van der Waals surface area contributed by atoms with E-state index in [4.69, 9.17) is 5.73 Å². The summed E-state index contributed by atoms with van der Waals surface area (Å²) in [6, 6.07) is 11.2. The van der Waals surface area contributed by atoms with Crippen LogP contribution < -0.4 is 11.1 Å². The third-order valence-electron chi connectivity index (χ3n) is 6.09. The number of aromatic nitrogens is 3. The molecule has 36 heavy (non-hydrogen) atoms. The predicted octanol–water partition coefficient (Wildman–Crippen LogP) is 2.79. The molecule has 0 saturated carbocycles. The van der Waals surface area contributed by atoms with Gasteiger partial charge in [-0.2, -0.15) is 0 Å². The van der Waals surface area contributed by atoms with Crippen LogP contribution in [-0.4, -0.2) is 43.7 Å². The minimum atomic E-state index is -0.759. The molecule has 0 fully saturated rings. The number of primary amides is 1. The summed E-state index contributed by atoms with van der Waals surface area (Å²) in [4.78, 5) is 49.0. The number of anilines is 1. The number of nitrogens with zero attached hydrogens (tertiary/aromatic N) is 3. The van der Waals surface area contributed by atoms with Gasteiger partial charge in [0.05, 0.1) is 29.5 Å². The van der Waals surface area contributed by atoms with Gasteiger partial charge in [0.25, 0.3) is 11.8 Å². The number of pyridine rings is 1. The standard InChI is InChI=1S/C27H22N6O3/c28-25(34)22-7-4-12-33(27(22)36,16-19-6-1-2-10-30-19)11-3-5-18-8-9-21-23(14-20-15-29-17-31-20)26(35)32-24(21)13-18/h1-10,12-15,17H,11,16H2,(H3-,28,29,31,32,34,35)/p+1/b5-3+. The van der Waals surface area contributed by atoms with Crippen LogP contribution in [0.25, 0.3) is 17.7 Å². The Hall–Kier alpha value is -4.89. The number of allylic oxidation sites excluding steroid dienone is 2. The van der Waals surface area contributed by atoms with Gasteiger partial charge < -0.3 is 16.0 Å². The van der Waals surface area contributed by atoms with Crippen LogP contribution in [0.2, 0.25) is 0 Å². The molecule has 0 aliphatic carbocycles. The fourth-order valence-electron chi connectivity index (χ4n) is 4.32. The second-order valence-electron chi connectivity index (χ2n) is 8.51. The zero-order chi connectivity index (χ0) is 25.1. The van der Waals surface area contributed by atoms with Gasteiger partial charge >= 0.3 is 5.91 Å². The number of aromatic amines is 1. The van der Waals surface area contributed by atoms with Crippen molar-refractivity contribution in [2.24, 2.45) is 5.73 Å². The van der Waals surface area contributed by atoms with Crippen molar-refractivity contribution in [3.8, 4) is 0 Å². The highest BCUT2D eigenvalue weighted by Crippen LogP contribution is 2.34. The maximum Gasteiger partial charge on any atom is 0.356 e. The van der Waals surface area contributed by atoms with E-state index < -0.39 is 5.91 Å². The van der Waals surface area contributed by atoms with Crippen molar-refractivity contribution in [3.63, 3.8) is 0 Å². The number of H-pyrrole nitrogens is 1. The first kappa shape index (κ1) is 22.9. The molecule has 3 aromatic rings. The minimum Gasteiger partial charge on any atom is -0.365 e. The molecule has 4 N–H and O–H groups in total. The molecule has 9 nitrogen and oxygen atoms in total. The van der Waals surface area contributed by atoms with Gasteiger partial charge in [0.2, 0.25) is 0 Å². The lowest BCUT2D eigenvalue weighted by atomic mass is 10.0. The largest absolute Gasteiger partial charge is 0.365 e. The Morgan fingerprint density at radius 3 is 2.81 bits per heavy atom. The number of benzene rings is 1. The van der Waals surface area contributed by atoms with Crippen LogP contribution in [0, 0.1) is 0 Å². The number of fused-ring (bicyclic) bond motifs is 1. The normalized spacial score (nSPS) is 20.0. The lowest BCUT2D eigenvalue weighted by molar-refractivity contribution is -0.809. The van der Waals surface area contributed by atoms with E-state index in [9.17, 15) is 14.4 Å². The van der Waals surface area contributed by atoms with Gasteiger partial charge in [-0.15, -0.1) is 0 Å². The molecule has 4 heterocycles. The van der Waals surface area contributed by atoms with E-state index in [1.807, 2.05) is 42.5 Å². The molecule has 5 rings (SSSR count). The van der Waals surface area contributed by atoms with Crippen LogP contribution in [0.5, 0.6) is 0 Å². The average Bonchev–Trinajstić information content (AvgIpc) is 3.49. The first-order valence-electron chi connectivity index (χ1n) is 11.3. The molecule has 2 aliphatic rings. The van der Waals surface area contributed by atoms with Crippen molar-refractivity contribution in [1.29, 1.82) is 0 Å². The van der Waals surface area contributed by atoms with E-state index in [1.165, 1.54) is 6.08 Å². The molecule has 0 radical (unpaired) electrons. The number of quaternary nitrogens is 1. The molecule has 2 aliphatic heterocycles. The van der Waals surface area contributed by atoms with Crippen LogP contribution in [0.1, 0.15) is 22.5 Å². The topological polar surface area (TPSA) is 131 Å². The Bertz CT molecular complexity index is 1470. The van der Waals surface area contributed by atoms with Crippen LogP contribution in [0.15, 0.2) is 85.1 Å². The highest BCUT2D eigenvalue weighted by molar-refractivity contribution is 6.34. The quantitative estimate of drug-likeness (QED) is 0.272. The lowest BCUT2D eigenvalue weighted by Crippen LogP contribution is -2.51. The Morgan fingerprint density at radius 2 is 2.06 bits per heavy atom. The predicted molar refractivity (Wildman–Crippen MR) is 135 cm³/mol. The maximum atomic E-state index is 13.3. The smallest absolute Gasteiger partial charge is 0.356 e. The lowest BCUT2D eigenvalue weighted by Gasteiger charge is -2.32. The molecule has 3 amide bonds. The first-order chi connectivity index (χ1) is 17.4. The number of carbonyl (C=O) groups is 3. The fraction of sp³-hybridized carbons (Fsp3) is 0.0741. The Morgan fingerprint density at radius 1 is 1.17 bits per heavy atom. The molecular weight excluding hydrogens is 456 g/mol. The highest BCUT2D eigenvalue weighted by Gasteiger charge is 2.40. The van der Waals surface area contributed by atoms with E-state index in [0.717, 1.165) is 16.8 Å². The molecule has 0 saturated heterocycles. The average molecular weight is 480 g/mol. The van der Waals surface area contributed by atoms with E-state index in [1.54, 1.807) is 43.1 Å². The molecule has 0 spiro atoms. The second kappa shape index (κ2) is 9.40. The zero-order valence-electron chi connectivity index (χ0n) is 19.2. The summed E-state index contributed by atoms with van der Waals surface area (Å²) in [7, 11) is 0. The van der Waals surface area contributed by atoms with Crippen molar-refractivity contribution >= 4 is 41.1 Å². The van der Waals surface area contributed by atoms with Gasteiger partial charge in [0.15, 0.2) is 0 Å². The number of nitrogens with two attached hydrogens (primary N) is 1. The van der Waals surface area contributed by atoms with Gasteiger partial charge in [-0.25, -0.2) is 14.3 Å². The molecule has 2 aromatic heterocycles. The molecule has 178 valence electrons. The third kappa shape index (κ3) is 4.42. The second-order valence-corrected chi connectivity index (χ2v) is 8.51. The maximum absolute atomic E-state index is 13.3. The van der Waals surface area contributed by atoms with Gasteiger partial charge in [-0.3, -0.25) is 14.6 Å². The van der Waals surface area contributed by atoms with E-state index >= 15 is 0 Å². The SMILES string of the molecule is NC(=O)C1=CC=C[N+](C/C=C/c2ccc3c(c2)NC(=O)/C3=C\c2cnc[nH]2)(Cc2ccccn2)C1=O. The third-order valence-corrected chi connectivity index (χ3v) is 6.09. The molecular formula is C27H23N6O3+. The Balaban J connectivity index is 1.40. The number of carbonyl (C=O) groups excluding carboxylic acids is 3. The Labute approximate surface area is 207 Å². The van der Waals surface area contributed by atoms with Crippen LogP contribution in [-0.2, 0) is 20.9 Å². The molecule has 0 bridgehead atoms. The summed E-state index contributed by atoms with van der Waals surface area (Å²) < 4.78 is -0.152. The Kier molecular flexibility index (Phi) is 5.97. The van der Waals surface area contributed by atoms with Crippen molar-refractivity contribution in [3.05, 3.63) is 108 Å². The number of hydrogen-bond acceptors (Lipinski definition) is 5. The van der Waals surface area contributed by atoms with Crippen LogP contribution in [0.3, 0.4) is 0 Å². The summed E-state index contributed by atoms with van der Waals surface area (Å²) in [5.74, 6) is -1.32. The number of rotatable bonds is 7. The van der Waals surface area contributed by atoms with Gasteiger partial charge in [-0.1, -0.05) is 24.3 Å². The van der Waals surface area contributed by atoms with E-state index in [-0.39, 0.29) is 35.0 Å². The summed E-state index contributed by atoms with van der Waals surface area (Å²) in [6.07, 6.45) is 15.3. The molecule has 1 unspecified atom stereocenters. The number of nitrogens with one attached hydrogen (secondary N) is 2. The van der Waals surface area contributed by atoms with Gasteiger partial charge in [-0.05, 0) is 48.1 Å². The number of amides is 3. The monoisotopic (exact) mass is 479 g/mol.